The third-order valence-corrected chi connectivity index (χ3v) is 3.96. The Morgan fingerprint density at radius 1 is 1.18 bits per heavy atom. The Kier molecular flexibility index (Phi) is 4.43. The van der Waals surface area contributed by atoms with Crippen LogP contribution >= 0.6 is 0 Å². The highest BCUT2D eigenvalue weighted by Crippen LogP contribution is 2.28. The van der Waals surface area contributed by atoms with Crippen LogP contribution in [-0.2, 0) is 6.54 Å². The summed E-state index contributed by atoms with van der Waals surface area (Å²) in [5.41, 5.74) is 1.24. The van der Waals surface area contributed by atoms with Crippen LogP contribution in [0.2, 0.25) is 0 Å². The zero-order chi connectivity index (χ0) is 12.1. The number of benzene rings is 1. The first-order valence-corrected chi connectivity index (χ1v) is 6.74. The van der Waals surface area contributed by atoms with Crippen molar-refractivity contribution < 1.29 is 5.11 Å². The third kappa shape index (κ3) is 3.74. The second kappa shape index (κ2) is 6.06. The van der Waals surface area contributed by atoms with Crippen molar-refractivity contribution in [2.24, 2.45) is 11.8 Å². The summed E-state index contributed by atoms with van der Waals surface area (Å²) < 4.78 is 0. The number of hydrogen-bond acceptors (Lipinski definition) is 2. The Morgan fingerprint density at radius 3 is 2.59 bits per heavy atom. The molecule has 2 heteroatoms. The van der Waals surface area contributed by atoms with Crippen LogP contribution in [0, 0.1) is 11.8 Å². The van der Waals surface area contributed by atoms with Gasteiger partial charge in [-0.3, -0.25) is 0 Å². The first-order chi connectivity index (χ1) is 8.25. The van der Waals surface area contributed by atoms with Crippen LogP contribution in [0.3, 0.4) is 0 Å². The second-order valence-electron chi connectivity index (χ2n) is 5.32. The van der Waals surface area contributed by atoms with E-state index in [1.165, 1.54) is 31.2 Å². The molecule has 0 amide bonds. The molecule has 1 aromatic carbocycles. The molecule has 0 aromatic heterocycles. The van der Waals surface area contributed by atoms with Gasteiger partial charge < -0.3 is 10.4 Å². The molecule has 94 valence electrons. The van der Waals surface area contributed by atoms with E-state index in [2.05, 4.69) is 12.2 Å². The van der Waals surface area contributed by atoms with Crippen molar-refractivity contribution in [2.45, 2.75) is 39.2 Å². The van der Waals surface area contributed by atoms with Crippen LogP contribution < -0.4 is 5.32 Å². The molecular formula is C15H23NO. The summed E-state index contributed by atoms with van der Waals surface area (Å²) in [6, 6.07) is 7.46. The van der Waals surface area contributed by atoms with Gasteiger partial charge >= 0.3 is 0 Å². The molecule has 0 radical (unpaired) electrons. The molecule has 2 unspecified atom stereocenters. The van der Waals surface area contributed by atoms with Crippen molar-refractivity contribution in [1.82, 2.24) is 5.32 Å². The lowest BCUT2D eigenvalue weighted by Gasteiger charge is -2.28. The van der Waals surface area contributed by atoms with Gasteiger partial charge in [0.25, 0.3) is 0 Å². The number of hydrogen-bond donors (Lipinski definition) is 2. The fourth-order valence-electron chi connectivity index (χ4n) is 2.71. The average Bonchev–Trinajstić information content (AvgIpc) is 2.34. The molecule has 0 spiro atoms. The molecular weight excluding hydrogens is 210 g/mol. The summed E-state index contributed by atoms with van der Waals surface area (Å²) in [4.78, 5) is 0. The van der Waals surface area contributed by atoms with Gasteiger partial charge in [-0.05, 0) is 42.5 Å². The predicted molar refractivity (Wildman–Crippen MR) is 70.9 cm³/mol. The fourth-order valence-corrected chi connectivity index (χ4v) is 2.71. The maximum Gasteiger partial charge on any atom is 0.115 e. The van der Waals surface area contributed by atoms with E-state index < -0.39 is 0 Å². The van der Waals surface area contributed by atoms with Gasteiger partial charge in [-0.15, -0.1) is 0 Å². The van der Waals surface area contributed by atoms with Crippen molar-refractivity contribution in [3.05, 3.63) is 29.8 Å². The van der Waals surface area contributed by atoms with Gasteiger partial charge in [0.15, 0.2) is 0 Å². The summed E-state index contributed by atoms with van der Waals surface area (Å²) in [6.45, 7) is 4.41. The maximum atomic E-state index is 9.20. The summed E-state index contributed by atoms with van der Waals surface area (Å²) in [5, 5.41) is 12.7. The topological polar surface area (TPSA) is 32.3 Å². The van der Waals surface area contributed by atoms with Crippen molar-refractivity contribution >= 4 is 0 Å². The average molecular weight is 233 g/mol. The van der Waals surface area contributed by atoms with E-state index in [4.69, 9.17) is 0 Å². The minimum absolute atomic E-state index is 0.342. The van der Waals surface area contributed by atoms with Crippen LogP contribution in [0.5, 0.6) is 5.75 Å². The summed E-state index contributed by atoms with van der Waals surface area (Å²) in [5.74, 6) is 2.06. The molecule has 2 N–H and O–H groups in total. The van der Waals surface area contributed by atoms with E-state index in [0.29, 0.717) is 5.75 Å². The summed E-state index contributed by atoms with van der Waals surface area (Å²) in [6.07, 6.45) is 5.58. The first-order valence-electron chi connectivity index (χ1n) is 6.74. The van der Waals surface area contributed by atoms with Gasteiger partial charge in [-0.1, -0.05) is 38.3 Å². The normalized spacial score (nSPS) is 24.8. The highest BCUT2D eigenvalue weighted by atomic mass is 16.3. The molecule has 17 heavy (non-hydrogen) atoms. The lowest BCUT2D eigenvalue weighted by molar-refractivity contribution is 0.247. The molecule has 1 aliphatic carbocycles. The molecule has 1 fully saturated rings. The van der Waals surface area contributed by atoms with E-state index >= 15 is 0 Å². The van der Waals surface area contributed by atoms with Crippen LogP contribution in [0.1, 0.15) is 38.2 Å². The Balaban J connectivity index is 1.73. The number of nitrogens with one attached hydrogen (secondary N) is 1. The molecule has 0 aliphatic heterocycles. The summed E-state index contributed by atoms with van der Waals surface area (Å²) in [7, 11) is 0. The Bertz CT molecular complexity index is 333. The summed E-state index contributed by atoms with van der Waals surface area (Å²) >= 11 is 0. The van der Waals surface area contributed by atoms with E-state index in [9.17, 15) is 5.11 Å². The Labute approximate surface area is 104 Å². The monoisotopic (exact) mass is 233 g/mol. The lowest BCUT2D eigenvalue weighted by Crippen LogP contribution is -2.29. The molecule has 0 heterocycles. The smallest absolute Gasteiger partial charge is 0.115 e. The van der Waals surface area contributed by atoms with Crippen LogP contribution in [-0.4, -0.2) is 11.7 Å². The van der Waals surface area contributed by atoms with E-state index in [-0.39, 0.29) is 0 Å². The first kappa shape index (κ1) is 12.4. The molecule has 1 aliphatic rings. The van der Waals surface area contributed by atoms with Gasteiger partial charge in [0.1, 0.15) is 5.75 Å². The van der Waals surface area contributed by atoms with E-state index in [0.717, 1.165) is 24.9 Å². The van der Waals surface area contributed by atoms with Gasteiger partial charge in [0.2, 0.25) is 0 Å². The number of rotatable bonds is 4. The van der Waals surface area contributed by atoms with Crippen molar-refractivity contribution in [3.8, 4) is 5.75 Å². The van der Waals surface area contributed by atoms with Gasteiger partial charge in [0.05, 0.1) is 0 Å². The molecule has 2 atom stereocenters. The minimum Gasteiger partial charge on any atom is -0.508 e. The van der Waals surface area contributed by atoms with Crippen molar-refractivity contribution in [2.75, 3.05) is 6.54 Å². The highest BCUT2D eigenvalue weighted by Gasteiger charge is 2.20. The van der Waals surface area contributed by atoms with Crippen LogP contribution in [0.4, 0.5) is 0 Å². The van der Waals surface area contributed by atoms with Crippen molar-refractivity contribution in [3.63, 3.8) is 0 Å². The number of phenolic OH excluding ortho intramolecular Hbond substituents is 1. The van der Waals surface area contributed by atoms with Gasteiger partial charge in [0, 0.05) is 6.54 Å². The van der Waals surface area contributed by atoms with Crippen LogP contribution in [0.15, 0.2) is 24.3 Å². The van der Waals surface area contributed by atoms with Gasteiger partial charge in [-0.2, -0.15) is 0 Å². The zero-order valence-electron chi connectivity index (χ0n) is 10.7. The number of aromatic hydroxyl groups is 1. The molecule has 2 rings (SSSR count). The number of phenols is 1. The molecule has 1 saturated carbocycles. The van der Waals surface area contributed by atoms with Crippen molar-refractivity contribution in [1.29, 1.82) is 0 Å². The Morgan fingerprint density at radius 2 is 1.88 bits per heavy atom. The molecule has 0 saturated heterocycles. The predicted octanol–water partition coefficient (Wildman–Crippen LogP) is 3.31. The quantitative estimate of drug-likeness (QED) is 0.836. The standard InChI is InChI=1S/C15H23NO/c1-12-4-2-3-5-14(12)11-16-10-13-6-8-15(17)9-7-13/h6-9,12,14,16-17H,2-5,10-11H2,1H3. The SMILES string of the molecule is CC1CCCCC1CNCc1ccc(O)cc1. The van der Waals surface area contributed by atoms with E-state index in [1.807, 2.05) is 12.1 Å². The molecule has 0 bridgehead atoms. The zero-order valence-corrected chi connectivity index (χ0v) is 10.7. The Hall–Kier alpha value is -1.02. The highest BCUT2D eigenvalue weighted by molar-refractivity contribution is 5.25. The second-order valence-corrected chi connectivity index (χ2v) is 5.32. The minimum atomic E-state index is 0.342. The third-order valence-electron chi connectivity index (χ3n) is 3.96. The largest absolute Gasteiger partial charge is 0.508 e. The molecule has 2 nitrogen and oxygen atoms in total. The van der Waals surface area contributed by atoms with Crippen LogP contribution in [0.25, 0.3) is 0 Å². The lowest BCUT2D eigenvalue weighted by atomic mass is 9.80. The maximum absolute atomic E-state index is 9.20. The fraction of sp³-hybridized carbons (Fsp3) is 0.600. The van der Waals surface area contributed by atoms with E-state index in [1.54, 1.807) is 12.1 Å². The molecule has 1 aromatic rings. The van der Waals surface area contributed by atoms with Gasteiger partial charge in [-0.25, -0.2) is 0 Å².